The van der Waals surface area contributed by atoms with E-state index in [9.17, 15) is 13.2 Å². The number of aliphatic hydroxyl groups excluding tert-OH is 1. The molecule has 0 saturated carbocycles. The predicted octanol–water partition coefficient (Wildman–Crippen LogP) is 2.49. The maximum atomic E-state index is 12.2. The maximum Gasteiger partial charge on any atom is 0.417 e. The van der Waals surface area contributed by atoms with Gasteiger partial charge < -0.3 is 5.11 Å². The maximum absolute atomic E-state index is 12.2. The van der Waals surface area contributed by atoms with Crippen molar-refractivity contribution >= 4 is 11.6 Å². The van der Waals surface area contributed by atoms with Crippen LogP contribution in [0.25, 0.3) is 0 Å². The zero-order valence-electron chi connectivity index (χ0n) is 8.14. The van der Waals surface area contributed by atoms with Crippen molar-refractivity contribution < 1.29 is 18.3 Å². The molecule has 1 atom stereocenters. The summed E-state index contributed by atoms with van der Waals surface area (Å²) in [6.45, 7) is 1.42. The molecule has 6 heteroatoms. The van der Waals surface area contributed by atoms with Crippen molar-refractivity contribution in [3.05, 3.63) is 28.5 Å². The van der Waals surface area contributed by atoms with Gasteiger partial charge in [-0.15, -0.1) is 0 Å². The fourth-order valence-corrected chi connectivity index (χ4v) is 1.07. The highest BCUT2D eigenvalue weighted by atomic mass is 35.5. The van der Waals surface area contributed by atoms with E-state index in [0.717, 1.165) is 6.07 Å². The van der Waals surface area contributed by atoms with Crippen molar-refractivity contribution in [1.82, 2.24) is 4.98 Å². The second-order valence-electron chi connectivity index (χ2n) is 3.00. The third-order valence-electron chi connectivity index (χ3n) is 1.57. The monoisotopic (exact) mass is 249 g/mol. The first-order chi connectivity index (χ1) is 7.30. The van der Waals surface area contributed by atoms with E-state index in [1.165, 1.54) is 6.92 Å². The number of hydrogen-bond acceptors (Lipinski definition) is 2. The molecule has 1 N–H and O–H groups in total. The second-order valence-corrected chi connectivity index (χ2v) is 3.40. The number of halogens is 4. The number of nitrogens with zero attached hydrogens (tertiary/aromatic N) is 1. The van der Waals surface area contributed by atoms with E-state index in [1.54, 1.807) is 0 Å². The zero-order valence-corrected chi connectivity index (χ0v) is 8.89. The second kappa shape index (κ2) is 4.73. The molecular weight excluding hydrogens is 243 g/mol. The van der Waals surface area contributed by atoms with Crippen LogP contribution in [-0.2, 0) is 6.18 Å². The van der Waals surface area contributed by atoms with Crippen molar-refractivity contribution in [3.8, 4) is 11.8 Å². The minimum absolute atomic E-state index is 0.00978. The zero-order chi connectivity index (χ0) is 12.3. The van der Waals surface area contributed by atoms with Crippen LogP contribution in [0.5, 0.6) is 0 Å². The molecule has 0 aliphatic carbocycles. The summed E-state index contributed by atoms with van der Waals surface area (Å²) in [5.41, 5.74) is -0.921. The van der Waals surface area contributed by atoms with E-state index in [4.69, 9.17) is 16.7 Å². The average Bonchev–Trinajstić information content (AvgIpc) is 2.14. The van der Waals surface area contributed by atoms with Gasteiger partial charge in [-0.3, -0.25) is 0 Å². The van der Waals surface area contributed by atoms with Crippen LogP contribution in [0.3, 0.4) is 0 Å². The number of hydrogen-bond donors (Lipinski definition) is 1. The van der Waals surface area contributed by atoms with Crippen LogP contribution in [0, 0.1) is 11.8 Å². The molecule has 1 aromatic heterocycles. The average molecular weight is 250 g/mol. The van der Waals surface area contributed by atoms with E-state index >= 15 is 0 Å². The fourth-order valence-electron chi connectivity index (χ4n) is 0.858. The molecule has 0 aliphatic rings. The van der Waals surface area contributed by atoms with E-state index in [0.29, 0.717) is 6.20 Å². The van der Waals surface area contributed by atoms with Gasteiger partial charge in [0.25, 0.3) is 0 Å². The van der Waals surface area contributed by atoms with Crippen LogP contribution in [0.2, 0.25) is 5.02 Å². The minimum atomic E-state index is -4.48. The number of aliphatic hydroxyl groups is 1. The Hall–Kier alpha value is -1.25. The number of pyridine rings is 1. The molecule has 0 aliphatic heterocycles. The lowest BCUT2D eigenvalue weighted by Crippen LogP contribution is -2.06. The number of aromatic nitrogens is 1. The lowest BCUT2D eigenvalue weighted by Gasteiger charge is -2.06. The minimum Gasteiger partial charge on any atom is -0.381 e. The summed E-state index contributed by atoms with van der Waals surface area (Å²) in [4.78, 5) is 3.48. The molecule has 0 bridgehead atoms. The Balaban J connectivity index is 3.07. The van der Waals surface area contributed by atoms with Crippen LogP contribution in [0.4, 0.5) is 13.2 Å². The molecule has 1 aromatic rings. The molecule has 0 fully saturated rings. The van der Waals surface area contributed by atoms with Crippen LogP contribution in [-0.4, -0.2) is 16.2 Å². The molecule has 0 aromatic carbocycles. The standard InChI is InChI=1S/C10H7ClF3NO/c1-6(16)2-3-9-8(11)4-7(5-15-9)10(12,13)14/h4-6,16H,1H3/t6-/m1/s1. The highest BCUT2D eigenvalue weighted by Crippen LogP contribution is 2.30. The van der Waals surface area contributed by atoms with Crippen molar-refractivity contribution in [2.75, 3.05) is 0 Å². The Morgan fingerprint density at radius 1 is 1.50 bits per heavy atom. The fraction of sp³-hybridized carbons (Fsp3) is 0.300. The summed E-state index contributed by atoms with van der Waals surface area (Å²) in [5, 5.41) is 8.67. The van der Waals surface area contributed by atoms with E-state index in [-0.39, 0.29) is 10.7 Å². The van der Waals surface area contributed by atoms with Gasteiger partial charge in [0.15, 0.2) is 0 Å². The highest BCUT2D eigenvalue weighted by molar-refractivity contribution is 6.31. The first kappa shape index (κ1) is 12.8. The topological polar surface area (TPSA) is 33.1 Å². The molecule has 0 radical (unpaired) electrons. The van der Waals surface area contributed by atoms with Gasteiger partial charge in [-0.2, -0.15) is 13.2 Å². The SMILES string of the molecule is C[C@@H](O)C#Cc1ncc(C(F)(F)F)cc1Cl. The molecule has 2 nitrogen and oxygen atoms in total. The summed E-state index contributed by atoms with van der Waals surface area (Å²) in [6, 6.07) is 0.751. The van der Waals surface area contributed by atoms with Gasteiger partial charge in [-0.05, 0) is 18.9 Å². The molecular formula is C10H7ClF3NO. The van der Waals surface area contributed by atoms with Crippen molar-refractivity contribution in [1.29, 1.82) is 0 Å². The molecule has 0 unspecified atom stereocenters. The van der Waals surface area contributed by atoms with E-state index in [1.807, 2.05) is 0 Å². The lowest BCUT2D eigenvalue weighted by atomic mass is 10.2. The van der Waals surface area contributed by atoms with Crippen LogP contribution in [0.1, 0.15) is 18.2 Å². The van der Waals surface area contributed by atoms with Gasteiger partial charge in [0.2, 0.25) is 0 Å². The molecule has 0 spiro atoms. The van der Waals surface area contributed by atoms with Gasteiger partial charge >= 0.3 is 6.18 Å². The third-order valence-corrected chi connectivity index (χ3v) is 1.86. The number of rotatable bonds is 0. The quantitative estimate of drug-likeness (QED) is 0.717. The van der Waals surface area contributed by atoms with Crippen molar-refractivity contribution in [2.45, 2.75) is 19.2 Å². The first-order valence-electron chi connectivity index (χ1n) is 4.23. The largest absolute Gasteiger partial charge is 0.417 e. The lowest BCUT2D eigenvalue weighted by molar-refractivity contribution is -0.137. The molecule has 1 rings (SSSR count). The third kappa shape index (κ3) is 3.40. The van der Waals surface area contributed by atoms with E-state index < -0.39 is 17.8 Å². The summed E-state index contributed by atoms with van der Waals surface area (Å²) in [6.07, 6.45) is -4.72. The van der Waals surface area contributed by atoms with Crippen molar-refractivity contribution in [2.24, 2.45) is 0 Å². The summed E-state index contributed by atoms with van der Waals surface area (Å²) in [5.74, 6) is 4.72. The Labute approximate surface area is 95.1 Å². The summed E-state index contributed by atoms with van der Waals surface area (Å²) in [7, 11) is 0. The van der Waals surface area contributed by atoms with Gasteiger partial charge in [0.05, 0.1) is 10.6 Å². The van der Waals surface area contributed by atoms with Gasteiger partial charge in [-0.1, -0.05) is 17.5 Å². The van der Waals surface area contributed by atoms with Crippen LogP contribution < -0.4 is 0 Å². The van der Waals surface area contributed by atoms with Crippen molar-refractivity contribution in [3.63, 3.8) is 0 Å². The summed E-state index contributed by atoms with van der Waals surface area (Å²) < 4.78 is 36.7. The Morgan fingerprint density at radius 3 is 2.56 bits per heavy atom. The molecule has 0 amide bonds. The van der Waals surface area contributed by atoms with Crippen LogP contribution in [0.15, 0.2) is 12.3 Å². The molecule has 0 saturated heterocycles. The first-order valence-corrected chi connectivity index (χ1v) is 4.61. The van der Waals surface area contributed by atoms with Gasteiger partial charge in [0.1, 0.15) is 11.8 Å². The molecule has 86 valence electrons. The Kier molecular flexibility index (Phi) is 3.79. The van der Waals surface area contributed by atoms with Crippen LogP contribution >= 0.6 is 11.6 Å². The summed E-state index contributed by atoms with van der Waals surface area (Å²) >= 11 is 5.57. The highest BCUT2D eigenvalue weighted by Gasteiger charge is 2.31. The smallest absolute Gasteiger partial charge is 0.381 e. The van der Waals surface area contributed by atoms with Gasteiger partial charge in [0, 0.05) is 6.20 Å². The van der Waals surface area contributed by atoms with E-state index in [2.05, 4.69) is 16.8 Å². The molecule has 16 heavy (non-hydrogen) atoms. The predicted molar refractivity (Wildman–Crippen MR) is 52.8 cm³/mol. The molecule has 1 heterocycles. The number of alkyl halides is 3. The Morgan fingerprint density at radius 2 is 2.12 bits per heavy atom. The Bertz CT molecular complexity index is 446. The van der Waals surface area contributed by atoms with Gasteiger partial charge in [-0.25, -0.2) is 4.98 Å². The normalized spacial score (nSPS) is 12.9.